The molecule has 1 saturated heterocycles. The third kappa shape index (κ3) is 6.39. The number of hydrogen-bond acceptors (Lipinski definition) is 8. The minimum Gasteiger partial charge on any atom is -0.383 e. The fourth-order valence-corrected chi connectivity index (χ4v) is 4.07. The lowest BCUT2D eigenvalue weighted by Crippen LogP contribution is -2.41. The summed E-state index contributed by atoms with van der Waals surface area (Å²) >= 11 is 5.47. The molecule has 11 heteroatoms. The van der Waals surface area contributed by atoms with Crippen LogP contribution in [0, 0.1) is 12.3 Å². The van der Waals surface area contributed by atoms with E-state index in [4.69, 9.17) is 42.7 Å². The predicted molar refractivity (Wildman–Crippen MR) is 127 cm³/mol. The summed E-state index contributed by atoms with van der Waals surface area (Å²) in [5.74, 6) is 2.50. The van der Waals surface area contributed by atoms with E-state index in [-0.39, 0.29) is 19.0 Å². The van der Waals surface area contributed by atoms with E-state index in [1.807, 2.05) is 20.8 Å². The van der Waals surface area contributed by atoms with Crippen LogP contribution >= 0.6 is 6.49 Å². The van der Waals surface area contributed by atoms with Gasteiger partial charge in [-0.15, -0.1) is 6.42 Å². The first-order valence-corrected chi connectivity index (χ1v) is 13.1. The van der Waals surface area contributed by atoms with Crippen LogP contribution in [0.4, 0.5) is 5.82 Å². The third-order valence-corrected chi connectivity index (χ3v) is 9.50. The molecule has 1 fully saturated rings. The molecular formula is C21H34N3O6PS. The predicted octanol–water partition coefficient (Wildman–Crippen LogP) is 2.43. The van der Waals surface area contributed by atoms with E-state index in [9.17, 15) is 9.69 Å². The first-order valence-electron chi connectivity index (χ1n) is 10.4. The molecule has 2 rings (SSSR count). The molecule has 1 aromatic heterocycles. The number of nitrogen functional groups attached to an aromatic ring is 1. The van der Waals surface area contributed by atoms with Gasteiger partial charge in [-0.3, -0.25) is 4.57 Å². The molecule has 180 valence electrons. The largest absolute Gasteiger partial charge is 0.383 e. The zero-order valence-electron chi connectivity index (χ0n) is 19.5. The molecule has 0 aliphatic carbocycles. The number of nitrogens with two attached hydrogens (primary N) is 1. The van der Waals surface area contributed by atoms with Crippen molar-refractivity contribution in [3.05, 3.63) is 22.7 Å². The van der Waals surface area contributed by atoms with Gasteiger partial charge in [0.1, 0.15) is 30.7 Å². The Labute approximate surface area is 194 Å². The third-order valence-electron chi connectivity index (χ3n) is 5.37. The SMILES string of the molecule is C#CCOC1C(OP(O)(=S)C(C)(C)C)C(COC(C)(C)CC)OC1n1ccc(N)nc1=O. The zero-order chi connectivity index (χ0) is 24.3. The van der Waals surface area contributed by atoms with Gasteiger partial charge in [-0.05, 0) is 38.1 Å². The van der Waals surface area contributed by atoms with Gasteiger partial charge in [0.15, 0.2) is 12.7 Å². The van der Waals surface area contributed by atoms with Crippen LogP contribution in [0.3, 0.4) is 0 Å². The Balaban J connectivity index is 2.48. The van der Waals surface area contributed by atoms with E-state index < -0.39 is 47.5 Å². The van der Waals surface area contributed by atoms with E-state index in [1.165, 1.54) is 16.8 Å². The van der Waals surface area contributed by atoms with Gasteiger partial charge < -0.3 is 29.4 Å². The Morgan fingerprint density at radius 2 is 2.03 bits per heavy atom. The van der Waals surface area contributed by atoms with E-state index in [0.29, 0.717) is 0 Å². The monoisotopic (exact) mass is 487 g/mol. The molecule has 1 aromatic rings. The summed E-state index contributed by atoms with van der Waals surface area (Å²) in [6.45, 7) is 8.12. The molecule has 9 nitrogen and oxygen atoms in total. The van der Waals surface area contributed by atoms with Crippen molar-refractivity contribution in [1.82, 2.24) is 9.55 Å². The second-order valence-corrected chi connectivity index (χ2v) is 13.4. The average molecular weight is 488 g/mol. The van der Waals surface area contributed by atoms with Crippen molar-refractivity contribution in [2.75, 3.05) is 18.9 Å². The van der Waals surface area contributed by atoms with Crippen molar-refractivity contribution in [2.24, 2.45) is 0 Å². The normalized spacial score (nSPS) is 25.9. The van der Waals surface area contributed by atoms with Crippen LogP contribution in [0.25, 0.3) is 0 Å². The number of anilines is 1. The summed E-state index contributed by atoms with van der Waals surface area (Å²) in [4.78, 5) is 27.3. The van der Waals surface area contributed by atoms with Gasteiger partial charge in [0.25, 0.3) is 0 Å². The lowest BCUT2D eigenvalue weighted by atomic mass is 10.1. The van der Waals surface area contributed by atoms with E-state index >= 15 is 0 Å². The number of rotatable bonds is 9. The van der Waals surface area contributed by atoms with Crippen LogP contribution in [0.5, 0.6) is 0 Å². The molecule has 3 N–H and O–H groups in total. The number of hydrogen-bond donors (Lipinski definition) is 2. The van der Waals surface area contributed by atoms with Crippen LogP contribution in [-0.4, -0.2) is 56.7 Å². The van der Waals surface area contributed by atoms with Gasteiger partial charge in [-0.25, -0.2) is 4.79 Å². The van der Waals surface area contributed by atoms with E-state index in [0.717, 1.165) is 6.42 Å². The topological polar surface area (TPSA) is 118 Å². The second-order valence-electron chi connectivity index (χ2n) is 9.27. The molecule has 0 saturated carbocycles. The molecule has 1 aliphatic rings. The Hall–Kier alpha value is -1.31. The Morgan fingerprint density at radius 3 is 2.56 bits per heavy atom. The van der Waals surface area contributed by atoms with Crippen molar-refractivity contribution in [3.8, 4) is 12.3 Å². The summed E-state index contributed by atoms with van der Waals surface area (Å²) in [5, 5.41) is -0.690. The highest BCUT2D eigenvalue weighted by molar-refractivity contribution is 8.10. The van der Waals surface area contributed by atoms with Crippen molar-refractivity contribution in [2.45, 2.75) is 83.3 Å². The lowest BCUT2D eigenvalue weighted by Gasteiger charge is -2.35. The van der Waals surface area contributed by atoms with Gasteiger partial charge in [0.05, 0.1) is 12.2 Å². The molecule has 0 aromatic carbocycles. The summed E-state index contributed by atoms with van der Waals surface area (Å²) in [6.07, 6.45) is 4.36. The molecule has 0 bridgehead atoms. The molecular weight excluding hydrogens is 453 g/mol. The van der Waals surface area contributed by atoms with Gasteiger partial charge in [0, 0.05) is 11.4 Å². The number of terminal acetylenes is 1. The molecule has 5 unspecified atom stereocenters. The molecule has 5 atom stereocenters. The zero-order valence-corrected chi connectivity index (χ0v) is 21.2. The summed E-state index contributed by atoms with van der Waals surface area (Å²) < 4.78 is 25.5. The number of aromatic nitrogens is 2. The highest BCUT2D eigenvalue weighted by Gasteiger charge is 2.51. The van der Waals surface area contributed by atoms with Crippen LogP contribution in [0.1, 0.15) is 54.2 Å². The van der Waals surface area contributed by atoms with Gasteiger partial charge in [-0.2, -0.15) is 4.98 Å². The quantitative estimate of drug-likeness (QED) is 0.400. The van der Waals surface area contributed by atoms with Crippen LogP contribution < -0.4 is 11.4 Å². The van der Waals surface area contributed by atoms with Crippen molar-refractivity contribution in [1.29, 1.82) is 0 Å². The minimum atomic E-state index is -3.30. The van der Waals surface area contributed by atoms with Gasteiger partial charge in [-0.1, -0.05) is 33.6 Å². The molecule has 0 radical (unpaired) electrons. The van der Waals surface area contributed by atoms with E-state index in [1.54, 1.807) is 20.8 Å². The summed E-state index contributed by atoms with van der Waals surface area (Å²) in [5.41, 5.74) is 4.60. The van der Waals surface area contributed by atoms with Crippen LogP contribution in [0.15, 0.2) is 17.1 Å². The minimum absolute atomic E-state index is 0.0562. The smallest absolute Gasteiger partial charge is 0.351 e. The molecule has 0 amide bonds. The summed E-state index contributed by atoms with van der Waals surface area (Å²) in [6, 6.07) is 1.48. The van der Waals surface area contributed by atoms with E-state index in [2.05, 4.69) is 10.9 Å². The Bertz CT molecular complexity index is 939. The van der Waals surface area contributed by atoms with Gasteiger partial charge in [0.2, 0.25) is 0 Å². The average Bonchev–Trinajstić information content (AvgIpc) is 3.00. The van der Waals surface area contributed by atoms with Crippen LogP contribution in [0.2, 0.25) is 0 Å². The number of ether oxygens (including phenoxy) is 3. The number of nitrogens with zero attached hydrogens (tertiary/aromatic N) is 2. The van der Waals surface area contributed by atoms with Crippen LogP contribution in [-0.2, 0) is 30.5 Å². The maximum atomic E-state index is 12.5. The Morgan fingerprint density at radius 1 is 1.38 bits per heavy atom. The maximum absolute atomic E-state index is 12.5. The second kappa shape index (κ2) is 10.3. The highest BCUT2D eigenvalue weighted by atomic mass is 32.5. The fourth-order valence-electron chi connectivity index (χ4n) is 2.87. The Kier molecular flexibility index (Phi) is 8.68. The van der Waals surface area contributed by atoms with Gasteiger partial charge >= 0.3 is 5.69 Å². The molecule has 2 heterocycles. The first kappa shape index (κ1) is 26.9. The highest BCUT2D eigenvalue weighted by Crippen LogP contribution is 2.58. The maximum Gasteiger partial charge on any atom is 0.351 e. The molecule has 0 spiro atoms. The molecule has 32 heavy (non-hydrogen) atoms. The fraction of sp³-hybridized carbons (Fsp3) is 0.714. The molecule has 1 aliphatic heterocycles. The van der Waals surface area contributed by atoms with Crippen molar-refractivity contribution in [3.63, 3.8) is 0 Å². The lowest BCUT2D eigenvalue weighted by molar-refractivity contribution is -0.106. The van der Waals surface area contributed by atoms with Crippen molar-refractivity contribution < 1.29 is 23.6 Å². The first-order chi connectivity index (χ1) is 14.7. The standard InChI is InChI=1S/C21H34N3O6PS/c1-8-12-27-17-16(30-31(26,32)20(3,4)5)14(13-28-21(6,7)9-2)29-18(17)24-11-10-15(22)23-19(24)25/h1,10-11,14,16-18H,9,12-13H2,2-7H3,(H,26,32)(H2,22,23,25). The van der Waals surface area contributed by atoms with Crippen molar-refractivity contribution >= 4 is 24.1 Å². The summed E-state index contributed by atoms with van der Waals surface area (Å²) in [7, 11) is 0.